The lowest BCUT2D eigenvalue weighted by atomic mass is 9.96. The average molecular weight is 324 g/mol. The lowest BCUT2D eigenvalue weighted by molar-refractivity contribution is 0.0641. The average Bonchev–Trinajstić information content (AvgIpc) is 2.78. The van der Waals surface area contributed by atoms with Gasteiger partial charge in [-0.1, -0.05) is 18.2 Å². The molecule has 24 heavy (non-hydrogen) atoms. The molecule has 2 aromatic rings. The first-order valence-electron chi connectivity index (χ1n) is 7.40. The van der Waals surface area contributed by atoms with Gasteiger partial charge < -0.3 is 10.8 Å². The number of aromatic carboxylic acids is 1. The van der Waals surface area contributed by atoms with Crippen LogP contribution in [-0.2, 0) is 6.54 Å². The zero-order chi connectivity index (χ0) is 17.6. The highest BCUT2D eigenvalue weighted by molar-refractivity contribution is 6.21. The molecule has 0 atom stereocenters. The summed E-state index contributed by atoms with van der Waals surface area (Å²) in [5.74, 6) is -1.92. The second-order valence-corrected chi connectivity index (χ2v) is 5.81. The number of nitrogens with two attached hydrogens (primary N) is 1. The fraction of sp³-hybridized carbons (Fsp3) is 0.167. The molecule has 3 rings (SSSR count). The van der Waals surface area contributed by atoms with Crippen LogP contribution in [-0.4, -0.2) is 27.8 Å². The van der Waals surface area contributed by atoms with E-state index in [1.165, 1.54) is 0 Å². The van der Waals surface area contributed by atoms with Crippen LogP contribution in [0.15, 0.2) is 30.3 Å². The van der Waals surface area contributed by atoms with Crippen molar-refractivity contribution in [3.05, 3.63) is 63.7 Å². The van der Waals surface area contributed by atoms with E-state index in [1.807, 2.05) is 0 Å². The number of amides is 2. The molecule has 0 saturated heterocycles. The van der Waals surface area contributed by atoms with Crippen molar-refractivity contribution in [3.63, 3.8) is 0 Å². The molecular formula is C18H16N2O4. The van der Waals surface area contributed by atoms with Gasteiger partial charge in [-0.25, -0.2) is 4.79 Å². The quantitative estimate of drug-likeness (QED) is 0.667. The fourth-order valence-electron chi connectivity index (χ4n) is 2.97. The van der Waals surface area contributed by atoms with E-state index in [1.54, 1.807) is 44.2 Å². The van der Waals surface area contributed by atoms with Crippen molar-refractivity contribution in [2.75, 3.05) is 5.73 Å². The van der Waals surface area contributed by atoms with E-state index in [4.69, 9.17) is 5.73 Å². The summed E-state index contributed by atoms with van der Waals surface area (Å²) < 4.78 is 0. The summed E-state index contributed by atoms with van der Waals surface area (Å²) in [6.07, 6.45) is 0. The van der Waals surface area contributed by atoms with Gasteiger partial charge in [-0.15, -0.1) is 0 Å². The molecule has 0 aliphatic carbocycles. The third-order valence-electron chi connectivity index (χ3n) is 4.39. The molecule has 0 unspecified atom stereocenters. The smallest absolute Gasteiger partial charge is 0.338 e. The minimum Gasteiger partial charge on any atom is -0.478 e. The first-order chi connectivity index (χ1) is 11.3. The van der Waals surface area contributed by atoms with Gasteiger partial charge in [0.2, 0.25) is 0 Å². The van der Waals surface area contributed by atoms with Crippen LogP contribution in [0.25, 0.3) is 0 Å². The van der Waals surface area contributed by atoms with E-state index < -0.39 is 17.8 Å². The predicted octanol–water partition coefficient (Wildman–Crippen LogP) is 2.38. The first-order valence-corrected chi connectivity index (χ1v) is 7.40. The van der Waals surface area contributed by atoms with Crippen LogP contribution >= 0.6 is 0 Å². The minimum absolute atomic E-state index is 0.0154. The molecule has 0 aromatic heterocycles. The Kier molecular flexibility index (Phi) is 3.60. The lowest BCUT2D eigenvalue weighted by Gasteiger charge is -2.18. The van der Waals surface area contributed by atoms with Crippen LogP contribution in [0.4, 0.5) is 5.69 Å². The molecule has 2 aromatic carbocycles. The number of hydrogen-bond acceptors (Lipinski definition) is 4. The molecule has 3 N–H and O–H groups in total. The molecule has 0 radical (unpaired) electrons. The molecule has 1 heterocycles. The molecule has 2 amide bonds. The molecule has 0 saturated carbocycles. The molecule has 6 nitrogen and oxygen atoms in total. The van der Waals surface area contributed by atoms with Crippen LogP contribution in [0.3, 0.4) is 0 Å². The Morgan fingerprint density at radius 2 is 1.67 bits per heavy atom. The first kappa shape index (κ1) is 15.7. The van der Waals surface area contributed by atoms with Crippen molar-refractivity contribution in [1.29, 1.82) is 0 Å². The van der Waals surface area contributed by atoms with Gasteiger partial charge in [0.25, 0.3) is 11.8 Å². The van der Waals surface area contributed by atoms with Crippen LogP contribution in [0.2, 0.25) is 0 Å². The molecule has 122 valence electrons. The summed E-state index contributed by atoms with van der Waals surface area (Å²) in [5.41, 5.74) is 8.57. The van der Waals surface area contributed by atoms with Crippen molar-refractivity contribution in [1.82, 2.24) is 4.90 Å². The summed E-state index contributed by atoms with van der Waals surface area (Å²) >= 11 is 0. The van der Waals surface area contributed by atoms with E-state index in [-0.39, 0.29) is 17.8 Å². The van der Waals surface area contributed by atoms with E-state index in [0.29, 0.717) is 22.3 Å². The Labute approximate surface area is 138 Å². The van der Waals surface area contributed by atoms with Gasteiger partial charge in [0.05, 0.1) is 28.9 Å². The van der Waals surface area contributed by atoms with Crippen molar-refractivity contribution in [3.8, 4) is 0 Å². The zero-order valence-corrected chi connectivity index (χ0v) is 13.3. The predicted molar refractivity (Wildman–Crippen MR) is 87.9 cm³/mol. The second-order valence-electron chi connectivity index (χ2n) is 5.81. The fourth-order valence-corrected chi connectivity index (χ4v) is 2.97. The van der Waals surface area contributed by atoms with Gasteiger partial charge in [-0.3, -0.25) is 14.5 Å². The molecule has 1 aliphatic heterocycles. The maximum Gasteiger partial charge on any atom is 0.338 e. The summed E-state index contributed by atoms with van der Waals surface area (Å²) in [7, 11) is 0. The minimum atomic E-state index is -1.13. The summed E-state index contributed by atoms with van der Waals surface area (Å²) in [6, 6.07) is 8.31. The largest absolute Gasteiger partial charge is 0.478 e. The number of imide groups is 1. The molecule has 0 spiro atoms. The van der Waals surface area contributed by atoms with Crippen LogP contribution < -0.4 is 5.73 Å². The van der Waals surface area contributed by atoms with Gasteiger partial charge in [0.1, 0.15) is 0 Å². The number of fused-ring (bicyclic) bond motifs is 1. The van der Waals surface area contributed by atoms with E-state index in [2.05, 4.69) is 0 Å². The highest BCUT2D eigenvalue weighted by Crippen LogP contribution is 2.29. The van der Waals surface area contributed by atoms with Gasteiger partial charge in [0, 0.05) is 0 Å². The zero-order valence-electron chi connectivity index (χ0n) is 13.3. The molecule has 1 aliphatic rings. The van der Waals surface area contributed by atoms with Crippen molar-refractivity contribution in [2.45, 2.75) is 20.4 Å². The monoisotopic (exact) mass is 324 g/mol. The number of hydrogen-bond donors (Lipinski definition) is 2. The van der Waals surface area contributed by atoms with Crippen LogP contribution in [0, 0.1) is 13.8 Å². The van der Waals surface area contributed by atoms with Gasteiger partial charge >= 0.3 is 5.97 Å². The molecule has 0 bridgehead atoms. The van der Waals surface area contributed by atoms with Gasteiger partial charge in [-0.05, 0) is 42.7 Å². The van der Waals surface area contributed by atoms with E-state index >= 15 is 0 Å². The van der Waals surface area contributed by atoms with E-state index in [0.717, 1.165) is 10.5 Å². The number of carbonyl (C=O) groups is 3. The maximum atomic E-state index is 12.4. The number of rotatable bonds is 3. The maximum absolute atomic E-state index is 12.4. The van der Waals surface area contributed by atoms with Crippen LogP contribution in [0.5, 0.6) is 0 Å². The number of carboxylic acid groups (broad SMARTS) is 1. The SMILES string of the molecule is Cc1cc(CN2C(=O)c3ccccc3C2=O)c(N)c(C(=O)O)c1C. The number of aryl methyl sites for hydroxylation is 1. The van der Waals surface area contributed by atoms with Crippen molar-refractivity contribution < 1.29 is 19.5 Å². The number of carbonyl (C=O) groups excluding carboxylic acids is 2. The van der Waals surface area contributed by atoms with Crippen molar-refractivity contribution >= 4 is 23.5 Å². The standard InChI is InChI=1S/C18H16N2O4/c1-9-7-11(15(19)14(10(9)2)18(23)24)8-20-16(21)12-5-3-4-6-13(12)17(20)22/h3-7H,8,19H2,1-2H3,(H,23,24). The molecule has 6 heteroatoms. The van der Waals surface area contributed by atoms with Gasteiger partial charge in [0.15, 0.2) is 0 Å². The molecular weight excluding hydrogens is 308 g/mol. The van der Waals surface area contributed by atoms with Crippen LogP contribution in [0.1, 0.15) is 47.8 Å². The molecule has 0 fully saturated rings. The highest BCUT2D eigenvalue weighted by Gasteiger charge is 2.35. The lowest BCUT2D eigenvalue weighted by Crippen LogP contribution is -2.29. The summed E-state index contributed by atoms with van der Waals surface area (Å²) in [5, 5.41) is 9.37. The number of nitrogens with zero attached hydrogens (tertiary/aromatic N) is 1. The summed E-state index contributed by atoms with van der Waals surface area (Å²) in [6.45, 7) is 3.40. The Morgan fingerprint density at radius 1 is 1.12 bits per heavy atom. The third-order valence-corrected chi connectivity index (χ3v) is 4.39. The Morgan fingerprint density at radius 3 is 2.17 bits per heavy atom. The highest BCUT2D eigenvalue weighted by atomic mass is 16.4. The normalized spacial score (nSPS) is 13.3. The summed E-state index contributed by atoms with van der Waals surface area (Å²) in [4.78, 5) is 37.4. The topological polar surface area (TPSA) is 101 Å². The van der Waals surface area contributed by atoms with Gasteiger partial charge in [-0.2, -0.15) is 0 Å². The number of anilines is 1. The Balaban J connectivity index is 2.03. The van der Waals surface area contributed by atoms with E-state index in [9.17, 15) is 19.5 Å². The second kappa shape index (κ2) is 5.49. The Bertz CT molecular complexity index is 867. The number of benzene rings is 2. The Hall–Kier alpha value is -3.15. The number of nitrogen functional groups attached to an aromatic ring is 1. The third kappa shape index (κ3) is 2.23. The van der Waals surface area contributed by atoms with Crippen molar-refractivity contribution in [2.24, 2.45) is 0 Å². The number of carboxylic acids is 1.